The Bertz CT molecular complexity index is 1390. The minimum absolute atomic E-state index is 0.0717. The Morgan fingerprint density at radius 1 is 1.03 bits per heavy atom. The van der Waals surface area contributed by atoms with Crippen LogP contribution in [0.25, 0.3) is 5.83 Å². The van der Waals surface area contributed by atoms with Gasteiger partial charge in [-0.1, -0.05) is 52.6 Å². The Hall–Kier alpha value is -2.74. The van der Waals surface area contributed by atoms with Crippen LogP contribution in [0.2, 0.25) is 15.1 Å². The van der Waals surface area contributed by atoms with Crippen molar-refractivity contribution in [2.24, 2.45) is 0 Å². The van der Waals surface area contributed by atoms with Gasteiger partial charge in [0.1, 0.15) is 17.6 Å². The van der Waals surface area contributed by atoms with E-state index in [0.29, 0.717) is 11.2 Å². The molecular weight excluding hydrogens is 620 g/mol. The number of alkyl halides is 6. The van der Waals surface area contributed by atoms with Crippen LogP contribution in [0.4, 0.5) is 36.6 Å². The number of hydrogen-bond acceptors (Lipinski definition) is 5. The lowest BCUT2D eigenvalue weighted by Crippen LogP contribution is -2.31. The van der Waals surface area contributed by atoms with E-state index in [1.54, 1.807) is 6.26 Å². The predicted molar refractivity (Wildman–Crippen MR) is 136 cm³/mol. The maximum atomic E-state index is 15.0. The van der Waals surface area contributed by atoms with Crippen LogP contribution in [0.3, 0.4) is 0 Å². The van der Waals surface area contributed by atoms with Gasteiger partial charge in [-0.25, -0.2) is 14.4 Å². The van der Waals surface area contributed by atoms with Gasteiger partial charge in [-0.15, -0.1) is 0 Å². The van der Waals surface area contributed by atoms with Crippen molar-refractivity contribution in [2.75, 3.05) is 11.7 Å². The molecule has 0 fully saturated rings. The second kappa shape index (κ2) is 12.2. The molecule has 1 atom stereocenters. The number of rotatable bonds is 7. The summed E-state index contributed by atoms with van der Waals surface area (Å²) in [6, 6.07) is 4.58. The molecule has 2 aromatic carbocycles. The zero-order valence-corrected chi connectivity index (χ0v) is 22.3. The Labute approximate surface area is 235 Å². The molecule has 1 aromatic heterocycles. The minimum atomic E-state index is -5.16. The second-order valence-electron chi connectivity index (χ2n) is 7.60. The molecule has 5 nitrogen and oxygen atoms in total. The van der Waals surface area contributed by atoms with Crippen molar-refractivity contribution < 1.29 is 35.5 Å². The highest BCUT2D eigenvalue weighted by atomic mass is 35.5. The lowest BCUT2D eigenvalue weighted by Gasteiger charge is -2.19. The summed E-state index contributed by atoms with van der Waals surface area (Å²) in [5.41, 5.74) is 0.414. The summed E-state index contributed by atoms with van der Waals surface area (Å²) >= 11 is 18.5. The number of halogens is 10. The first-order valence-electron chi connectivity index (χ1n) is 10.3. The molecule has 0 aliphatic rings. The number of allylic oxidation sites excluding steroid dienone is 1. The molecule has 208 valence electrons. The van der Waals surface area contributed by atoms with Crippen LogP contribution >= 0.6 is 46.6 Å². The fourth-order valence-corrected chi connectivity index (χ4v) is 4.17. The molecule has 0 saturated carbocycles. The molecule has 16 heteroatoms. The van der Waals surface area contributed by atoms with Gasteiger partial charge in [0, 0.05) is 17.8 Å². The van der Waals surface area contributed by atoms with Crippen LogP contribution < -0.4 is 10.9 Å². The molecule has 0 radical (unpaired) electrons. The van der Waals surface area contributed by atoms with Gasteiger partial charge in [0.15, 0.2) is 5.16 Å². The number of amides is 1. The highest BCUT2D eigenvalue weighted by molar-refractivity contribution is 7.98. The molecule has 1 amide bonds. The van der Waals surface area contributed by atoms with Gasteiger partial charge in [0.25, 0.3) is 5.91 Å². The van der Waals surface area contributed by atoms with Gasteiger partial charge in [-0.2, -0.15) is 26.3 Å². The highest BCUT2D eigenvalue weighted by Gasteiger charge is 2.41. The standard InChI is InChI=1S/C23H14Cl3F7N4OS/c1-39-21-34-5-4-18(35-21)36-37-20(38)12-3-2-10(6-14(12)23(31,32)33)17(27)9-13(22(28,29)30)11-7-15(24)19(26)16(25)8-11/h2-9,13H,1H3,(H,37,38)(H,34,35,36)/b17-9-. The maximum absolute atomic E-state index is 15.0. The van der Waals surface area contributed by atoms with E-state index in [1.807, 2.05) is 5.43 Å². The van der Waals surface area contributed by atoms with Crippen molar-refractivity contribution in [3.63, 3.8) is 0 Å². The normalized spacial score (nSPS) is 13.3. The van der Waals surface area contributed by atoms with Crippen LogP contribution in [0.15, 0.2) is 53.8 Å². The van der Waals surface area contributed by atoms with E-state index in [4.69, 9.17) is 34.8 Å². The number of carbonyl (C=O) groups is 1. The summed E-state index contributed by atoms with van der Waals surface area (Å²) in [7, 11) is 0. The summed E-state index contributed by atoms with van der Waals surface area (Å²) in [4.78, 5) is 20.4. The van der Waals surface area contributed by atoms with E-state index in [1.165, 1.54) is 24.0 Å². The number of thioether (sulfide) groups is 1. The quantitative estimate of drug-likeness (QED) is 0.0897. The van der Waals surface area contributed by atoms with Crippen LogP contribution in [-0.4, -0.2) is 28.3 Å². The first kappa shape index (κ1) is 30.8. The Balaban J connectivity index is 1.97. The molecule has 0 spiro atoms. The topological polar surface area (TPSA) is 66.9 Å². The Kier molecular flexibility index (Phi) is 9.63. The van der Waals surface area contributed by atoms with E-state index >= 15 is 0 Å². The number of nitrogens with zero attached hydrogens (tertiary/aromatic N) is 2. The minimum Gasteiger partial charge on any atom is -0.281 e. The number of hydrogen-bond donors (Lipinski definition) is 2. The molecule has 0 bridgehead atoms. The van der Waals surface area contributed by atoms with Crippen LogP contribution in [0.1, 0.15) is 33.0 Å². The predicted octanol–water partition coefficient (Wildman–Crippen LogP) is 8.59. The van der Waals surface area contributed by atoms with Crippen molar-refractivity contribution >= 4 is 64.1 Å². The second-order valence-corrected chi connectivity index (χ2v) is 9.56. The van der Waals surface area contributed by atoms with E-state index in [9.17, 15) is 35.5 Å². The van der Waals surface area contributed by atoms with Crippen molar-refractivity contribution in [3.05, 3.63) is 86.0 Å². The molecule has 2 N–H and O–H groups in total. The summed E-state index contributed by atoms with van der Waals surface area (Å²) in [6.45, 7) is 0. The van der Waals surface area contributed by atoms with Gasteiger partial charge >= 0.3 is 12.4 Å². The first-order valence-corrected chi connectivity index (χ1v) is 12.7. The number of carbonyl (C=O) groups excluding carboxylic acids is 1. The third kappa shape index (κ3) is 7.68. The van der Waals surface area contributed by atoms with Gasteiger partial charge in [-0.05, 0) is 42.2 Å². The third-order valence-corrected chi connectivity index (χ3v) is 6.76. The number of aromatic nitrogens is 2. The van der Waals surface area contributed by atoms with E-state index in [0.717, 1.165) is 18.2 Å². The van der Waals surface area contributed by atoms with Crippen LogP contribution in [0, 0.1) is 0 Å². The highest BCUT2D eigenvalue weighted by Crippen LogP contribution is 2.42. The van der Waals surface area contributed by atoms with Crippen molar-refractivity contribution in [1.82, 2.24) is 15.4 Å². The van der Waals surface area contributed by atoms with Crippen molar-refractivity contribution in [2.45, 2.75) is 23.4 Å². The fraction of sp³-hybridized carbons (Fsp3) is 0.174. The SMILES string of the molecule is CSc1nccc(NNC(=O)c2ccc(/C(F)=C/C(c3cc(Cl)c(Cl)c(Cl)c3)C(F)(F)F)cc2C(F)(F)F)n1. The largest absolute Gasteiger partial charge is 0.417 e. The zero-order valence-electron chi connectivity index (χ0n) is 19.2. The molecule has 0 aliphatic heterocycles. The van der Waals surface area contributed by atoms with Gasteiger partial charge in [0.05, 0.1) is 26.2 Å². The average molecular weight is 634 g/mol. The molecule has 39 heavy (non-hydrogen) atoms. The van der Waals surface area contributed by atoms with Crippen molar-refractivity contribution in [1.29, 1.82) is 0 Å². The van der Waals surface area contributed by atoms with Gasteiger partial charge in [-0.3, -0.25) is 15.6 Å². The number of nitrogens with one attached hydrogen (secondary N) is 2. The average Bonchev–Trinajstić information content (AvgIpc) is 2.87. The lowest BCUT2D eigenvalue weighted by atomic mass is 9.95. The van der Waals surface area contributed by atoms with Crippen LogP contribution in [-0.2, 0) is 6.18 Å². The third-order valence-electron chi connectivity index (χ3n) is 5.00. The Morgan fingerprint density at radius 2 is 1.67 bits per heavy atom. The number of anilines is 1. The molecule has 0 saturated heterocycles. The smallest absolute Gasteiger partial charge is 0.281 e. The summed E-state index contributed by atoms with van der Waals surface area (Å²) in [5, 5.41) is -0.582. The number of benzene rings is 2. The summed E-state index contributed by atoms with van der Waals surface area (Å²) < 4.78 is 97.6. The van der Waals surface area contributed by atoms with Gasteiger partial charge < -0.3 is 0 Å². The lowest BCUT2D eigenvalue weighted by molar-refractivity contribution is -0.140. The molecular formula is C23H14Cl3F7N4OS. The fourth-order valence-electron chi connectivity index (χ4n) is 3.20. The monoisotopic (exact) mass is 632 g/mol. The molecule has 3 aromatic rings. The molecule has 0 aliphatic carbocycles. The van der Waals surface area contributed by atoms with Crippen LogP contribution in [0.5, 0.6) is 0 Å². The first-order chi connectivity index (χ1) is 18.1. The molecule has 1 unspecified atom stereocenters. The summed E-state index contributed by atoms with van der Waals surface area (Å²) in [6.07, 6.45) is -7.14. The van der Waals surface area contributed by atoms with E-state index in [2.05, 4.69) is 15.4 Å². The molecule has 3 rings (SSSR count). The maximum Gasteiger partial charge on any atom is 0.417 e. The Morgan fingerprint density at radius 3 is 2.23 bits per heavy atom. The van der Waals surface area contributed by atoms with E-state index in [-0.39, 0.29) is 33.0 Å². The molecule has 1 heterocycles. The van der Waals surface area contributed by atoms with Crippen molar-refractivity contribution in [3.8, 4) is 0 Å². The zero-order chi connectivity index (χ0) is 29.1. The van der Waals surface area contributed by atoms with E-state index < -0.39 is 52.3 Å². The number of hydrazine groups is 1. The van der Waals surface area contributed by atoms with Gasteiger partial charge in [0.2, 0.25) is 0 Å². The summed E-state index contributed by atoms with van der Waals surface area (Å²) in [5.74, 6) is -5.46.